The molecule has 3 aromatic rings. The number of carbonyl (C=O) groups excluding carboxylic acids is 1. The lowest BCUT2D eigenvalue weighted by molar-refractivity contribution is 0.0952. The van der Waals surface area contributed by atoms with Crippen molar-refractivity contribution in [2.24, 2.45) is 0 Å². The predicted molar refractivity (Wildman–Crippen MR) is 87.2 cm³/mol. The van der Waals surface area contributed by atoms with Gasteiger partial charge in [0.25, 0.3) is 11.5 Å². The summed E-state index contributed by atoms with van der Waals surface area (Å²) in [6.07, 6.45) is 1.71. The number of hydrogen-bond donors (Lipinski definition) is 2. The van der Waals surface area contributed by atoms with Gasteiger partial charge in [-0.3, -0.25) is 9.59 Å². The Kier molecular flexibility index (Phi) is 4.74. The van der Waals surface area contributed by atoms with Crippen LogP contribution < -0.4 is 10.9 Å². The number of pyridine rings is 1. The van der Waals surface area contributed by atoms with Crippen LogP contribution in [0.3, 0.4) is 0 Å². The van der Waals surface area contributed by atoms with Gasteiger partial charge in [-0.25, -0.2) is 8.78 Å². The zero-order valence-electron chi connectivity index (χ0n) is 13.0. The van der Waals surface area contributed by atoms with Crippen LogP contribution in [0.2, 0.25) is 0 Å². The predicted octanol–water partition coefficient (Wildman–Crippen LogP) is 2.89. The van der Waals surface area contributed by atoms with Crippen LogP contribution in [0.15, 0.2) is 57.9 Å². The van der Waals surface area contributed by atoms with Crippen molar-refractivity contribution in [3.8, 4) is 11.5 Å². The summed E-state index contributed by atoms with van der Waals surface area (Å²) in [6.45, 7) is 0.140. The average molecular weight is 344 g/mol. The Bertz CT molecular complexity index is 929. The van der Waals surface area contributed by atoms with Crippen molar-refractivity contribution in [2.75, 3.05) is 6.54 Å². The highest BCUT2D eigenvalue weighted by Gasteiger charge is 2.12. The Morgan fingerprint density at radius 2 is 1.88 bits per heavy atom. The maximum absolute atomic E-state index is 13.1. The van der Waals surface area contributed by atoms with Crippen LogP contribution in [-0.2, 0) is 6.42 Å². The molecule has 0 radical (unpaired) electrons. The van der Waals surface area contributed by atoms with E-state index < -0.39 is 23.1 Å². The van der Waals surface area contributed by atoms with Crippen LogP contribution >= 0.6 is 0 Å². The van der Waals surface area contributed by atoms with Gasteiger partial charge in [0.15, 0.2) is 0 Å². The second-order valence-corrected chi connectivity index (χ2v) is 5.38. The summed E-state index contributed by atoms with van der Waals surface area (Å²) in [7, 11) is 0. The minimum absolute atomic E-state index is 0.0549. The second kappa shape index (κ2) is 7.12. The molecule has 7 heteroatoms. The van der Waals surface area contributed by atoms with Crippen molar-refractivity contribution < 1.29 is 18.0 Å². The van der Waals surface area contributed by atoms with E-state index in [9.17, 15) is 18.4 Å². The molecule has 25 heavy (non-hydrogen) atoms. The normalized spacial score (nSPS) is 10.6. The quantitative estimate of drug-likeness (QED) is 0.747. The number of H-pyrrole nitrogens is 1. The number of rotatable bonds is 5. The maximum atomic E-state index is 13.1. The lowest BCUT2D eigenvalue weighted by Crippen LogP contribution is -2.31. The number of aromatic nitrogens is 1. The van der Waals surface area contributed by atoms with E-state index >= 15 is 0 Å². The Hall–Kier alpha value is -3.22. The lowest BCUT2D eigenvalue weighted by atomic mass is 10.1. The van der Waals surface area contributed by atoms with E-state index in [2.05, 4.69) is 10.3 Å². The zero-order chi connectivity index (χ0) is 17.8. The van der Waals surface area contributed by atoms with Crippen molar-refractivity contribution in [1.82, 2.24) is 10.3 Å². The Balaban J connectivity index is 1.64. The van der Waals surface area contributed by atoms with Gasteiger partial charge in [0.1, 0.15) is 23.0 Å². The van der Waals surface area contributed by atoms with Crippen LogP contribution in [0.5, 0.6) is 0 Å². The number of amides is 1. The SMILES string of the molecule is O=C(NCCc1cc(F)cc(F)c1)c1ccc(-c2ccco2)[nH]c1=O. The average Bonchev–Trinajstić information content (AvgIpc) is 3.08. The van der Waals surface area contributed by atoms with Crippen molar-refractivity contribution in [1.29, 1.82) is 0 Å². The van der Waals surface area contributed by atoms with Crippen molar-refractivity contribution in [3.05, 3.63) is 81.8 Å². The minimum Gasteiger partial charge on any atom is -0.463 e. The Morgan fingerprint density at radius 3 is 2.52 bits per heavy atom. The molecular weight excluding hydrogens is 330 g/mol. The maximum Gasteiger partial charge on any atom is 0.261 e. The fraction of sp³-hybridized carbons (Fsp3) is 0.111. The van der Waals surface area contributed by atoms with Gasteiger partial charge < -0.3 is 14.7 Å². The summed E-state index contributed by atoms with van der Waals surface area (Å²) >= 11 is 0. The molecule has 0 atom stereocenters. The molecule has 3 rings (SSSR count). The number of nitrogens with one attached hydrogen (secondary N) is 2. The molecule has 1 amide bonds. The largest absolute Gasteiger partial charge is 0.463 e. The van der Waals surface area contributed by atoms with Gasteiger partial charge in [-0.05, 0) is 48.4 Å². The van der Waals surface area contributed by atoms with Gasteiger partial charge in [0, 0.05) is 12.6 Å². The molecular formula is C18H14F2N2O3. The van der Waals surface area contributed by atoms with E-state index in [0.717, 1.165) is 6.07 Å². The van der Waals surface area contributed by atoms with Gasteiger partial charge in [-0.15, -0.1) is 0 Å². The highest BCUT2D eigenvalue weighted by molar-refractivity contribution is 5.94. The van der Waals surface area contributed by atoms with E-state index in [1.54, 1.807) is 18.2 Å². The smallest absolute Gasteiger partial charge is 0.261 e. The van der Waals surface area contributed by atoms with E-state index in [-0.39, 0.29) is 18.5 Å². The first-order chi connectivity index (χ1) is 12.0. The standard InChI is InChI=1S/C18H14F2N2O3/c19-12-8-11(9-13(20)10-12)5-6-21-17(23)14-3-4-15(22-18(14)24)16-2-1-7-25-16/h1-4,7-10H,5-6H2,(H,21,23)(H,22,24). The molecule has 0 saturated heterocycles. The molecule has 5 nitrogen and oxygen atoms in total. The molecule has 2 heterocycles. The summed E-state index contributed by atoms with van der Waals surface area (Å²) in [5.41, 5.74) is 0.269. The van der Waals surface area contributed by atoms with Crippen molar-refractivity contribution in [2.45, 2.75) is 6.42 Å². The molecule has 128 valence electrons. The number of carbonyl (C=O) groups is 1. The number of hydrogen-bond acceptors (Lipinski definition) is 3. The van der Waals surface area contributed by atoms with Crippen molar-refractivity contribution in [3.63, 3.8) is 0 Å². The fourth-order valence-electron chi connectivity index (χ4n) is 2.40. The summed E-state index contributed by atoms with van der Waals surface area (Å²) in [5.74, 6) is -1.43. The van der Waals surface area contributed by atoms with Gasteiger partial charge in [0.05, 0.1) is 12.0 Å². The summed E-state index contributed by atoms with van der Waals surface area (Å²) < 4.78 is 31.4. The van der Waals surface area contributed by atoms with E-state index in [1.165, 1.54) is 24.5 Å². The van der Waals surface area contributed by atoms with Crippen LogP contribution in [-0.4, -0.2) is 17.4 Å². The Morgan fingerprint density at radius 1 is 1.12 bits per heavy atom. The van der Waals surface area contributed by atoms with Crippen LogP contribution in [0.25, 0.3) is 11.5 Å². The molecule has 0 aliphatic heterocycles. The zero-order valence-corrected chi connectivity index (χ0v) is 13.0. The van der Waals surface area contributed by atoms with Gasteiger partial charge in [-0.2, -0.15) is 0 Å². The number of halogens is 2. The van der Waals surface area contributed by atoms with Gasteiger partial charge >= 0.3 is 0 Å². The lowest BCUT2D eigenvalue weighted by Gasteiger charge is -2.06. The van der Waals surface area contributed by atoms with Crippen LogP contribution in [0.1, 0.15) is 15.9 Å². The highest BCUT2D eigenvalue weighted by Crippen LogP contribution is 2.15. The molecule has 2 N–H and O–H groups in total. The van der Waals surface area contributed by atoms with Crippen LogP contribution in [0.4, 0.5) is 8.78 Å². The number of aromatic amines is 1. The minimum atomic E-state index is -0.675. The molecule has 2 aromatic heterocycles. The van der Waals surface area contributed by atoms with Crippen LogP contribution in [0, 0.1) is 11.6 Å². The highest BCUT2D eigenvalue weighted by atomic mass is 19.1. The molecule has 0 saturated carbocycles. The first-order valence-electron chi connectivity index (χ1n) is 7.53. The third kappa shape index (κ3) is 4.00. The number of furan rings is 1. The molecule has 0 fully saturated rings. The summed E-state index contributed by atoms with van der Waals surface area (Å²) in [5, 5.41) is 2.55. The Labute approximate surface area is 141 Å². The third-order valence-electron chi connectivity index (χ3n) is 3.56. The molecule has 1 aromatic carbocycles. The fourth-order valence-corrected chi connectivity index (χ4v) is 2.40. The molecule has 0 bridgehead atoms. The van der Waals surface area contributed by atoms with E-state index in [1.807, 2.05) is 0 Å². The molecule has 0 aliphatic carbocycles. The molecule has 0 spiro atoms. The van der Waals surface area contributed by atoms with E-state index in [0.29, 0.717) is 17.0 Å². The summed E-state index contributed by atoms with van der Waals surface area (Å²) in [6, 6.07) is 9.50. The first-order valence-corrected chi connectivity index (χ1v) is 7.53. The summed E-state index contributed by atoms with van der Waals surface area (Å²) in [4.78, 5) is 26.7. The molecule has 0 unspecified atom stereocenters. The van der Waals surface area contributed by atoms with Gasteiger partial charge in [0.2, 0.25) is 0 Å². The monoisotopic (exact) mass is 344 g/mol. The first kappa shape index (κ1) is 16.6. The van der Waals surface area contributed by atoms with Gasteiger partial charge in [-0.1, -0.05) is 0 Å². The second-order valence-electron chi connectivity index (χ2n) is 5.38. The van der Waals surface area contributed by atoms with Crippen molar-refractivity contribution >= 4 is 5.91 Å². The third-order valence-corrected chi connectivity index (χ3v) is 3.56. The number of benzene rings is 1. The molecule has 0 aliphatic rings. The van der Waals surface area contributed by atoms with E-state index in [4.69, 9.17) is 4.42 Å². The topological polar surface area (TPSA) is 75.1 Å².